The van der Waals surface area contributed by atoms with Crippen molar-refractivity contribution in [1.29, 1.82) is 0 Å². The van der Waals surface area contributed by atoms with Gasteiger partial charge in [-0.3, -0.25) is 4.79 Å². The van der Waals surface area contributed by atoms with E-state index in [1.807, 2.05) is 48.7 Å². The molecule has 1 aliphatic heterocycles. The molecule has 6 nitrogen and oxygen atoms in total. The Hall–Kier alpha value is -3.15. The number of amides is 1. The smallest absolute Gasteiger partial charge is 0.226 e. The highest BCUT2D eigenvalue weighted by Gasteiger charge is 2.16. The Bertz CT molecular complexity index is 917. The first-order chi connectivity index (χ1) is 13.8. The zero-order chi connectivity index (χ0) is 19.2. The van der Waals surface area contributed by atoms with Crippen LogP contribution in [0.5, 0.6) is 0 Å². The van der Waals surface area contributed by atoms with E-state index in [0.717, 1.165) is 30.0 Å². The molecule has 0 atom stereocenters. The van der Waals surface area contributed by atoms with Gasteiger partial charge in [-0.1, -0.05) is 24.3 Å². The lowest BCUT2D eigenvalue weighted by atomic mass is 10.1. The first kappa shape index (κ1) is 18.2. The molecule has 0 unspecified atom stereocenters. The first-order valence-corrected chi connectivity index (χ1v) is 9.75. The van der Waals surface area contributed by atoms with E-state index in [4.69, 9.17) is 4.42 Å². The molecule has 28 heavy (non-hydrogen) atoms. The lowest BCUT2D eigenvalue weighted by molar-refractivity contribution is -0.120. The Balaban J connectivity index is 1.36. The van der Waals surface area contributed by atoms with Crippen LogP contribution >= 0.6 is 0 Å². The van der Waals surface area contributed by atoms with Crippen LogP contribution in [0.4, 0.5) is 5.82 Å². The van der Waals surface area contributed by atoms with E-state index >= 15 is 0 Å². The molecular weight excluding hydrogens is 352 g/mol. The molecule has 1 amide bonds. The molecule has 1 aliphatic rings. The van der Waals surface area contributed by atoms with E-state index in [1.165, 1.54) is 19.3 Å². The van der Waals surface area contributed by atoms with Gasteiger partial charge in [0.15, 0.2) is 0 Å². The summed E-state index contributed by atoms with van der Waals surface area (Å²) in [4.78, 5) is 23.7. The summed E-state index contributed by atoms with van der Waals surface area (Å²) in [5.74, 6) is 1.43. The number of pyridine rings is 1. The van der Waals surface area contributed by atoms with Crippen molar-refractivity contribution >= 4 is 11.7 Å². The van der Waals surface area contributed by atoms with Gasteiger partial charge >= 0.3 is 0 Å². The lowest BCUT2D eigenvalue weighted by Crippen LogP contribution is -2.32. The van der Waals surface area contributed by atoms with Crippen molar-refractivity contribution in [3.05, 3.63) is 66.2 Å². The quantitative estimate of drug-likeness (QED) is 0.712. The third kappa shape index (κ3) is 4.39. The zero-order valence-corrected chi connectivity index (χ0v) is 15.8. The Morgan fingerprint density at radius 2 is 1.89 bits per heavy atom. The number of rotatable bonds is 6. The maximum atomic E-state index is 12.4. The van der Waals surface area contributed by atoms with Crippen LogP contribution in [0, 0.1) is 0 Å². The molecule has 1 aromatic carbocycles. The molecule has 1 N–H and O–H groups in total. The number of piperidine rings is 1. The van der Waals surface area contributed by atoms with Gasteiger partial charge in [0.1, 0.15) is 12.1 Å². The minimum absolute atomic E-state index is 0.0821. The summed E-state index contributed by atoms with van der Waals surface area (Å²) in [6, 6.07) is 13.6. The highest BCUT2D eigenvalue weighted by Crippen LogP contribution is 2.22. The summed E-state index contributed by atoms with van der Waals surface area (Å²) in [5.41, 5.74) is 2.57. The number of carbonyl (C=O) groups excluding carboxylic acids is 1. The van der Waals surface area contributed by atoms with Gasteiger partial charge in [0, 0.05) is 37.0 Å². The van der Waals surface area contributed by atoms with Gasteiger partial charge in [0.2, 0.25) is 11.8 Å². The van der Waals surface area contributed by atoms with Crippen molar-refractivity contribution in [2.24, 2.45) is 0 Å². The van der Waals surface area contributed by atoms with Crippen molar-refractivity contribution < 1.29 is 9.21 Å². The van der Waals surface area contributed by atoms with Crippen molar-refractivity contribution in [1.82, 2.24) is 15.3 Å². The highest BCUT2D eigenvalue weighted by atomic mass is 16.3. The van der Waals surface area contributed by atoms with Crippen molar-refractivity contribution in [3.8, 4) is 11.5 Å². The molecule has 0 saturated carbocycles. The fourth-order valence-electron chi connectivity index (χ4n) is 3.48. The highest BCUT2D eigenvalue weighted by molar-refractivity contribution is 5.78. The lowest BCUT2D eigenvalue weighted by Gasteiger charge is -2.29. The molecule has 3 heterocycles. The molecule has 3 aromatic rings. The molecule has 144 valence electrons. The summed E-state index contributed by atoms with van der Waals surface area (Å²) < 4.78 is 5.51. The van der Waals surface area contributed by atoms with Crippen LogP contribution in [-0.4, -0.2) is 29.0 Å². The summed E-state index contributed by atoms with van der Waals surface area (Å²) in [7, 11) is 0. The largest absolute Gasteiger partial charge is 0.444 e. The molecule has 1 fully saturated rings. The Morgan fingerprint density at radius 1 is 1.07 bits per heavy atom. The van der Waals surface area contributed by atoms with E-state index in [9.17, 15) is 4.79 Å². The van der Waals surface area contributed by atoms with Crippen LogP contribution in [0.25, 0.3) is 11.5 Å². The number of benzene rings is 1. The number of carbonyl (C=O) groups is 1. The summed E-state index contributed by atoms with van der Waals surface area (Å²) in [6.07, 6.45) is 7.21. The molecule has 0 radical (unpaired) electrons. The summed E-state index contributed by atoms with van der Waals surface area (Å²) >= 11 is 0. The van der Waals surface area contributed by atoms with E-state index in [1.54, 1.807) is 6.26 Å². The minimum Gasteiger partial charge on any atom is -0.444 e. The molecule has 0 aliphatic carbocycles. The predicted molar refractivity (Wildman–Crippen MR) is 108 cm³/mol. The molecular formula is C22H24N4O2. The molecule has 1 saturated heterocycles. The summed E-state index contributed by atoms with van der Waals surface area (Å²) in [6.45, 7) is 2.51. The SMILES string of the molecule is O=C(Cc1coc(-c2ccccc2)n1)NCc1cccnc1N1CCCCC1. The predicted octanol–water partition coefficient (Wildman–Crippen LogP) is 3.59. The first-order valence-electron chi connectivity index (χ1n) is 9.75. The van der Waals surface area contributed by atoms with Gasteiger partial charge in [0.05, 0.1) is 12.1 Å². The van der Waals surface area contributed by atoms with Gasteiger partial charge in [0.25, 0.3) is 0 Å². The van der Waals surface area contributed by atoms with Crippen LogP contribution in [0.1, 0.15) is 30.5 Å². The van der Waals surface area contributed by atoms with Crippen LogP contribution in [0.2, 0.25) is 0 Å². The number of oxazole rings is 1. The summed E-state index contributed by atoms with van der Waals surface area (Å²) in [5, 5.41) is 2.99. The number of nitrogens with one attached hydrogen (secondary N) is 1. The standard InChI is InChI=1S/C22H24N4O2/c27-20(14-19-16-28-22(25-19)17-8-3-1-4-9-17)24-15-18-10-7-11-23-21(18)26-12-5-2-6-13-26/h1,3-4,7-11,16H,2,5-6,12-15H2,(H,24,27). The third-order valence-corrected chi connectivity index (χ3v) is 4.91. The topological polar surface area (TPSA) is 71.3 Å². The molecule has 6 heteroatoms. The maximum absolute atomic E-state index is 12.4. The van der Waals surface area contributed by atoms with Crippen LogP contribution in [0.3, 0.4) is 0 Å². The van der Waals surface area contributed by atoms with Crippen LogP contribution in [0.15, 0.2) is 59.3 Å². The average Bonchev–Trinajstić information content (AvgIpc) is 3.22. The Labute approximate surface area is 164 Å². The molecule has 4 rings (SSSR count). The number of hydrogen-bond donors (Lipinski definition) is 1. The second-order valence-corrected chi connectivity index (χ2v) is 7.00. The number of anilines is 1. The van der Waals surface area contributed by atoms with Gasteiger partial charge < -0.3 is 14.6 Å². The second kappa shape index (κ2) is 8.69. The number of aromatic nitrogens is 2. The van der Waals surface area contributed by atoms with Crippen LogP contribution < -0.4 is 10.2 Å². The van der Waals surface area contributed by atoms with E-state index in [0.29, 0.717) is 18.1 Å². The fraction of sp³-hybridized carbons (Fsp3) is 0.318. The van der Waals surface area contributed by atoms with Gasteiger partial charge in [-0.05, 0) is 37.5 Å². The van der Waals surface area contributed by atoms with E-state index in [-0.39, 0.29) is 12.3 Å². The zero-order valence-electron chi connectivity index (χ0n) is 15.8. The van der Waals surface area contributed by atoms with Crippen molar-refractivity contribution in [2.45, 2.75) is 32.2 Å². The number of nitrogens with zero attached hydrogens (tertiary/aromatic N) is 3. The fourth-order valence-corrected chi connectivity index (χ4v) is 3.48. The van der Waals surface area contributed by atoms with E-state index < -0.39 is 0 Å². The Morgan fingerprint density at radius 3 is 2.71 bits per heavy atom. The molecule has 0 bridgehead atoms. The van der Waals surface area contributed by atoms with Gasteiger partial charge in [-0.25, -0.2) is 9.97 Å². The van der Waals surface area contributed by atoms with Crippen molar-refractivity contribution in [3.63, 3.8) is 0 Å². The number of hydrogen-bond acceptors (Lipinski definition) is 5. The van der Waals surface area contributed by atoms with Crippen LogP contribution in [-0.2, 0) is 17.8 Å². The molecule has 0 spiro atoms. The average molecular weight is 376 g/mol. The third-order valence-electron chi connectivity index (χ3n) is 4.91. The maximum Gasteiger partial charge on any atom is 0.226 e. The normalized spacial score (nSPS) is 14.1. The monoisotopic (exact) mass is 376 g/mol. The minimum atomic E-state index is -0.0821. The second-order valence-electron chi connectivity index (χ2n) is 7.00. The molecule has 2 aromatic heterocycles. The van der Waals surface area contributed by atoms with Gasteiger partial charge in [-0.2, -0.15) is 0 Å². The van der Waals surface area contributed by atoms with E-state index in [2.05, 4.69) is 20.2 Å². The Kier molecular flexibility index (Phi) is 5.66. The van der Waals surface area contributed by atoms with Crippen molar-refractivity contribution in [2.75, 3.05) is 18.0 Å². The van der Waals surface area contributed by atoms with Gasteiger partial charge in [-0.15, -0.1) is 0 Å².